The summed E-state index contributed by atoms with van der Waals surface area (Å²) in [7, 11) is 1.71. The Morgan fingerprint density at radius 2 is 2.29 bits per heavy atom. The lowest BCUT2D eigenvalue weighted by atomic mass is 9.51. The molecule has 5 rings (SSSR count). The summed E-state index contributed by atoms with van der Waals surface area (Å²) in [5.41, 5.74) is 2.80. The lowest BCUT2D eigenvalue weighted by Gasteiger charge is -2.56. The van der Waals surface area contributed by atoms with Gasteiger partial charge in [-0.3, -0.25) is 4.79 Å². The van der Waals surface area contributed by atoms with Crippen LogP contribution in [0.3, 0.4) is 0 Å². The molecule has 1 aromatic rings. The van der Waals surface area contributed by atoms with Crippen molar-refractivity contribution in [2.45, 2.75) is 56.2 Å². The standard InChI is InChI=1S/C19H24N2O3/c1-10(22)21-13-5-4-12-14-9-11-3-6-15(23-2)17-16(11)19(12,7-8-20-14)18(13)24-17/h3,6,12-14,18,20H,4-5,7-9H2,1-2H3,(H,21,22)/t12?,13-,14+,18?,19-/m0/s1. The average molecular weight is 328 g/mol. The van der Waals surface area contributed by atoms with E-state index in [4.69, 9.17) is 9.47 Å². The maximum absolute atomic E-state index is 11.7. The Morgan fingerprint density at radius 1 is 1.42 bits per heavy atom. The number of rotatable bonds is 2. The van der Waals surface area contributed by atoms with Crippen molar-refractivity contribution in [2.75, 3.05) is 13.7 Å². The van der Waals surface area contributed by atoms with Gasteiger partial charge in [0.05, 0.1) is 13.2 Å². The Bertz CT molecular complexity index is 719. The first kappa shape index (κ1) is 14.6. The third-order valence-electron chi connectivity index (χ3n) is 6.72. The normalized spacial score (nSPS) is 38.1. The van der Waals surface area contributed by atoms with Gasteiger partial charge in [-0.15, -0.1) is 0 Å². The monoisotopic (exact) mass is 328 g/mol. The third-order valence-corrected chi connectivity index (χ3v) is 6.72. The number of methoxy groups -OCH3 is 1. The molecular formula is C19H24N2O3. The van der Waals surface area contributed by atoms with E-state index < -0.39 is 0 Å². The molecule has 1 aromatic carbocycles. The number of piperidine rings is 1. The van der Waals surface area contributed by atoms with Gasteiger partial charge in [0.25, 0.3) is 0 Å². The van der Waals surface area contributed by atoms with E-state index in [0.717, 1.165) is 43.7 Å². The Kier molecular flexibility index (Phi) is 2.97. The zero-order valence-electron chi connectivity index (χ0n) is 14.2. The van der Waals surface area contributed by atoms with Crippen molar-refractivity contribution < 1.29 is 14.3 Å². The highest BCUT2D eigenvalue weighted by Crippen LogP contribution is 2.62. The zero-order valence-corrected chi connectivity index (χ0v) is 14.2. The number of carbonyl (C=O) groups excluding carboxylic acids is 1. The smallest absolute Gasteiger partial charge is 0.217 e. The van der Waals surface area contributed by atoms with Gasteiger partial charge in [-0.25, -0.2) is 0 Å². The van der Waals surface area contributed by atoms with Crippen LogP contribution in [0.1, 0.15) is 37.3 Å². The van der Waals surface area contributed by atoms with Crippen molar-refractivity contribution in [1.29, 1.82) is 0 Å². The van der Waals surface area contributed by atoms with Gasteiger partial charge >= 0.3 is 0 Å². The minimum absolute atomic E-state index is 0.0232. The van der Waals surface area contributed by atoms with Gasteiger partial charge in [-0.05, 0) is 49.8 Å². The first-order valence-corrected chi connectivity index (χ1v) is 9.02. The summed E-state index contributed by atoms with van der Waals surface area (Å²) in [4.78, 5) is 11.7. The summed E-state index contributed by atoms with van der Waals surface area (Å²) in [5, 5.41) is 6.90. The Balaban J connectivity index is 1.71. The molecule has 1 spiro atoms. The number of hydrogen-bond acceptors (Lipinski definition) is 4. The molecule has 2 aliphatic heterocycles. The van der Waals surface area contributed by atoms with Crippen LogP contribution in [-0.2, 0) is 16.6 Å². The molecule has 5 heteroatoms. The topological polar surface area (TPSA) is 59.6 Å². The number of ether oxygens (including phenoxy) is 2. The molecule has 0 radical (unpaired) electrons. The summed E-state index contributed by atoms with van der Waals surface area (Å²) in [6.07, 6.45) is 4.29. The van der Waals surface area contributed by atoms with Gasteiger partial charge in [0.15, 0.2) is 11.5 Å². The van der Waals surface area contributed by atoms with Crippen molar-refractivity contribution in [3.05, 3.63) is 23.3 Å². The third kappa shape index (κ3) is 1.66. The van der Waals surface area contributed by atoms with E-state index in [1.54, 1.807) is 14.0 Å². The highest BCUT2D eigenvalue weighted by atomic mass is 16.5. The fourth-order valence-corrected chi connectivity index (χ4v) is 6.02. The predicted molar refractivity (Wildman–Crippen MR) is 89.5 cm³/mol. The van der Waals surface area contributed by atoms with Crippen LogP contribution in [0.2, 0.25) is 0 Å². The number of carbonyl (C=O) groups is 1. The Labute approximate surface area is 142 Å². The van der Waals surface area contributed by atoms with Gasteiger partial charge < -0.3 is 20.1 Å². The van der Waals surface area contributed by atoms with Crippen molar-refractivity contribution in [3.8, 4) is 11.5 Å². The fourth-order valence-electron chi connectivity index (χ4n) is 6.02. The number of benzene rings is 1. The molecule has 1 saturated heterocycles. The molecule has 5 atom stereocenters. The predicted octanol–water partition coefficient (Wildman–Crippen LogP) is 1.53. The highest BCUT2D eigenvalue weighted by Gasteiger charge is 2.64. The van der Waals surface area contributed by atoms with E-state index in [1.807, 2.05) is 6.07 Å². The molecule has 2 bridgehead atoms. The maximum Gasteiger partial charge on any atom is 0.217 e. The summed E-state index contributed by atoms with van der Waals surface area (Å²) in [6, 6.07) is 4.85. The van der Waals surface area contributed by atoms with Gasteiger partial charge in [0.2, 0.25) is 5.91 Å². The van der Waals surface area contributed by atoms with Gasteiger partial charge in [0.1, 0.15) is 6.10 Å². The van der Waals surface area contributed by atoms with Crippen LogP contribution >= 0.6 is 0 Å². The van der Waals surface area contributed by atoms with Crippen molar-refractivity contribution in [3.63, 3.8) is 0 Å². The first-order valence-electron chi connectivity index (χ1n) is 9.02. The van der Waals surface area contributed by atoms with E-state index in [1.165, 1.54) is 11.1 Å². The summed E-state index contributed by atoms with van der Waals surface area (Å²) in [5.74, 6) is 2.38. The van der Waals surface area contributed by atoms with Crippen LogP contribution in [-0.4, -0.2) is 37.7 Å². The molecular weight excluding hydrogens is 304 g/mol. The average Bonchev–Trinajstić information content (AvgIpc) is 2.89. The van der Waals surface area contributed by atoms with E-state index >= 15 is 0 Å². The molecule has 1 amide bonds. The molecule has 24 heavy (non-hydrogen) atoms. The number of hydrogen-bond donors (Lipinski definition) is 2. The molecule has 2 aliphatic carbocycles. The van der Waals surface area contributed by atoms with E-state index in [2.05, 4.69) is 16.7 Å². The lowest BCUT2D eigenvalue weighted by molar-refractivity contribution is -0.121. The fraction of sp³-hybridized carbons (Fsp3) is 0.632. The number of nitrogens with one attached hydrogen (secondary N) is 2. The SMILES string of the molecule is COc1ccc2c3c1OC1[C@@H](NC(C)=O)CCC4[C@@H](C2)NCC[C@]314. The van der Waals surface area contributed by atoms with E-state index in [9.17, 15) is 4.79 Å². The van der Waals surface area contributed by atoms with Crippen molar-refractivity contribution in [2.24, 2.45) is 5.92 Å². The molecule has 5 nitrogen and oxygen atoms in total. The van der Waals surface area contributed by atoms with Gasteiger partial charge in [0, 0.05) is 23.9 Å². The largest absolute Gasteiger partial charge is 0.493 e. The van der Waals surface area contributed by atoms with Crippen molar-refractivity contribution in [1.82, 2.24) is 10.6 Å². The molecule has 1 saturated carbocycles. The van der Waals surface area contributed by atoms with E-state index in [-0.39, 0.29) is 23.5 Å². The Morgan fingerprint density at radius 3 is 3.08 bits per heavy atom. The summed E-state index contributed by atoms with van der Waals surface area (Å²) < 4.78 is 12.1. The molecule has 2 heterocycles. The molecule has 2 unspecified atom stereocenters. The second-order valence-electron chi connectivity index (χ2n) is 7.72. The van der Waals surface area contributed by atoms with Crippen LogP contribution in [0.25, 0.3) is 0 Å². The minimum Gasteiger partial charge on any atom is -0.493 e. The first-order chi connectivity index (χ1) is 11.6. The quantitative estimate of drug-likeness (QED) is 0.864. The highest BCUT2D eigenvalue weighted by molar-refractivity contribution is 5.73. The molecule has 128 valence electrons. The molecule has 2 N–H and O–H groups in total. The lowest BCUT2D eigenvalue weighted by Crippen LogP contribution is -2.68. The van der Waals surface area contributed by atoms with Crippen LogP contribution in [0.4, 0.5) is 0 Å². The van der Waals surface area contributed by atoms with Crippen LogP contribution in [0.5, 0.6) is 11.5 Å². The summed E-state index contributed by atoms with van der Waals surface area (Å²) in [6.45, 7) is 2.62. The summed E-state index contributed by atoms with van der Waals surface area (Å²) >= 11 is 0. The van der Waals surface area contributed by atoms with Gasteiger partial charge in [-0.2, -0.15) is 0 Å². The van der Waals surface area contributed by atoms with Crippen LogP contribution in [0, 0.1) is 5.92 Å². The minimum atomic E-state index is 0.0232. The van der Waals surface area contributed by atoms with E-state index in [0.29, 0.717) is 12.0 Å². The molecule has 2 fully saturated rings. The Hall–Kier alpha value is -1.75. The van der Waals surface area contributed by atoms with Crippen LogP contribution < -0.4 is 20.1 Å². The number of amides is 1. The molecule has 4 aliphatic rings. The zero-order chi connectivity index (χ0) is 16.5. The second-order valence-corrected chi connectivity index (χ2v) is 7.72. The second kappa shape index (κ2) is 4.88. The molecule has 0 aromatic heterocycles. The van der Waals surface area contributed by atoms with Crippen LogP contribution in [0.15, 0.2) is 12.1 Å². The maximum atomic E-state index is 11.7. The van der Waals surface area contributed by atoms with Gasteiger partial charge in [-0.1, -0.05) is 6.07 Å². The van der Waals surface area contributed by atoms with Crippen molar-refractivity contribution >= 4 is 5.91 Å².